The molecular weight excluding hydrogens is 434 g/mol. The van der Waals surface area contributed by atoms with E-state index in [4.69, 9.17) is 23.7 Å². The van der Waals surface area contributed by atoms with Crippen molar-refractivity contribution in [2.75, 3.05) is 48.1 Å². The third kappa shape index (κ3) is 7.29. The summed E-state index contributed by atoms with van der Waals surface area (Å²) in [7, 11) is 6.24. The molecule has 188 valence electrons. The van der Waals surface area contributed by atoms with Crippen LogP contribution in [0.3, 0.4) is 0 Å². The van der Waals surface area contributed by atoms with Crippen LogP contribution in [0.1, 0.15) is 49.5 Å². The second kappa shape index (κ2) is 13.1. The predicted octanol–water partition coefficient (Wildman–Crippen LogP) is 5.00. The molecule has 7 nitrogen and oxygen atoms in total. The van der Waals surface area contributed by atoms with Crippen LogP contribution in [0.25, 0.3) is 0 Å². The average Bonchev–Trinajstić information content (AvgIpc) is 2.84. The summed E-state index contributed by atoms with van der Waals surface area (Å²) in [6, 6.07) is 11.5. The Hall–Kier alpha value is -2.93. The highest BCUT2D eigenvalue weighted by Gasteiger charge is 2.25. The monoisotopic (exact) mass is 473 g/mol. The SMILES string of the molecule is CCN(CCCCOC(=O)c1cc(OC)c(OC)c(OC)c1)C(C)(C)Cc1ccc(OC)cc1. The largest absolute Gasteiger partial charge is 0.497 e. The van der Waals surface area contributed by atoms with Crippen molar-refractivity contribution in [2.24, 2.45) is 0 Å². The highest BCUT2D eigenvalue weighted by molar-refractivity contribution is 5.91. The van der Waals surface area contributed by atoms with E-state index < -0.39 is 5.97 Å². The Kier molecular flexibility index (Phi) is 10.5. The lowest BCUT2D eigenvalue weighted by Gasteiger charge is -2.38. The van der Waals surface area contributed by atoms with E-state index in [1.165, 1.54) is 26.9 Å². The number of carbonyl (C=O) groups excluding carboxylic acids is 1. The van der Waals surface area contributed by atoms with E-state index in [0.717, 1.165) is 38.1 Å². The summed E-state index contributed by atoms with van der Waals surface area (Å²) in [6.07, 6.45) is 2.66. The standard InChI is InChI=1S/C27H39NO6/c1-8-28(27(2,3)19-20-11-13-22(30-4)14-12-20)15-9-10-16-34-26(29)21-17-23(31-5)25(33-7)24(18-21)32-6/h11-14,17-18H,8-10,15-16,19H2,1-7H3. The number of carbonyl (C=O) groups is 1. The first kappa shape index (κ1) is 27.3. The highest BCUT2D eigenvalue weighted by atomic mass is 16.5. The lowest BCUT2D eigenvalue weighted by molar-refractivity contribution is 0.0486. The van der Waals surface area contributed by atoms with Gasteiger partial charge in [-0.05, 0) is 76.0 Å². The first-order valence-corrected chi connectivity index (χ1v) is 11.6. The van der Waals surface area contributed by atoms with Gasteiger partial charge in [-0.1, -0.05) is 19.1 Å². The maximum absolute atomic E-state index is 12.5. The molecule has 7 heteroatoms. The molecule has 0 aromatic heterocycles. The number of hydrogen-bond donors (Lipinski definition) is 0. The third-order valence-corrected chi connectivity index (χ3v) is 5.99. The molecule has 0 radical (unpaired) electrons. The Bertz CT molecular complexity index is 885. The van der Waals surface area contributed by atoms with Crippen LogP contribution in [0.4, 0.5) is 0 Å². The maximum Gasteiger partial charge on any atom is 0.338 e. The molecule has 0 atom stereocenters. The minimum absolute atomic E-state index is 0.0101. The average molecular weight is 474 g/mol. The van der Waals surface area contributed by atoms with Gasteiger partial charge in [-0.15, -0.1) is 0 Å². The summed E-state index contributed by atoms with van der Waals surface area (Å²) < 4.78 is 26.7. The summed E-state index contributed by atoms with van der Waals surface area (Å²) >= 11 is 0. The number of hydrogen-bond acceptors (Lipinski definition) is 7. The van der Waals surface area contributed by atoms with Gasteiger partial charge in [0.05, 0.1) is 40.6 Å². The molecule has 2 aromatic rings. The van der Waals surface area contributed by atoms with Gasteiger partial charge in [0, 0.05) is 5.54 Å². The van der Waals surface area contributed by atoms with Crippen molar-refractivity contribution >= 4 is 5.97 Å². The Morgan fingerprint density at radius 2 is 1.50 bits per heavy atom. The van der Waals surface area contributed by atoms with E-state index in [2.05, 4.69) is 37.8 Å². The van der Waals surface area contributed by atoms with Crippen molar-refractivity contribution in [1.29, 1.82) is 0 Å². The van der Waals surface area contributed by atoms with E-state index in [-0.39, 0.29) is 5.54 Å². The molecule has 0 aliphatic heterocycles. The molecule has 2 rings (SSSR count). The first-order chi connectivity index (χ1) is 16.3. The van der Waals surface area contributed by atoms with Crippen LogP contribution in [0.15, 0.2) is 36.4 Å². The van der Waals surface area contributed by atoms with E-state index in [1.54, 1.807) is 19.2 Å². The number of ether oxygens (including phenoxy) is 5. The Balaban J connectivity index is 1.86. The van der Waals surface area contributed by atoms with Gasteiger partial charge in [0.15, 0.2) is 11.5 Å². The molecule has 0 unspecified atom stereocenters. The van der Waals surface area contributed by atoms with Crippen molar-refractivity contribution in [2.45, 2.75) is 45.6 Å². The van der Waals surface area contributed by atoms with Crippen molar-refractivity contribution in [3.8, 4) is 23.0 Å². The molecule has 0 saturated heterocycles. The van der Waals surface area contributed by atoms with Crippen molar-refractivity contribution in [1.82, 2.24) is 4.90 Å². The van der Waals surface area contributed by atoms with Crippen LogP contribution in [-0.2, 0) is 11.2 Å². The molecule has 0 fully saturated rings. The van der Waals surface area contributed by atoms with E-state index >= 15 is 0 Å². The topological polar surface area (TPSA) is 66.5 Å². The smallest absolute Gasteiger partial charge is 0.338 e. The molecule has 0 aliphatic carbocycles. The van der Waals surface area contributed by atoms with Crippen LogP contribution in [-0.4, -0.2) is 64.5 Å². The summed E-state index contributed by atoms with van der Waals surface area (Å²) in [5.74, 6) is 1.75. The zero-order valence-corrected chi connectivity index (χ0v) is 21.6. The summed E-state index contributed by atoms with van der Waals surface area (Å²) in [4.78, 5) is 15.0. The van der Waals surface area contributed by atoms with Gasteiger partial charge in [-0.3, -0.25) is 4.90 Å². The predicted molar refractivity (Wildman–Crippen MR) is 134 cm³/mol. The Morgan fingerprint density at radius 3 is 2.00 bits per heavy atom. The minimum Gasteiger partial charge on any atom is -0.497 e. The van der Waals surface area contributed by atoms with Crippen LogP contribution in [0, 0.1) is 0 Å². The Morgan fingerprint density at radius 1 is 0.882 bits per heavy atom. The lowest BCUT2D eigenvalue weighted by atomic mass is 9.92. The molecular formula is C27H39NO6. The quantitative estimate of drug-likeness (QED) is 0.282. The fraction of sp³-hybridized carbons (Fsp3) is 0.519. The first-order valence-electron chi connectivity index (χ1n) is 11.6. The molecule has 0 amide bonds. The second-order valence-corrected chi connectivity index (χ2v) is 8.67. The van der Waals surface area contributed by atoms with Crippen LogP contribution < -0.4 is 18.9 Å². The molecule has 0 spiro atoms. The third-order valence-electron chi connectivity index (χ3n) is 5.99. The normalized spacial score (nSPS) is 11.3. The van der Waals surface area contributed by atoms with Gasteiger partial charge >= 0.3 is 5.97 Å². The second-order valence-electron chi connectivity index (χ2n) is 8.67. The number of rotatable bonds is 14. The number of esters is 1. The van der Waals surface area contributed by atoms with Gasteiger partial charge in [0.2, 0.25) is 5.75 Å². The van der Waals surface area contributed by atoms with Crippen molar-refractivity contribution in [3.63, 3.8) is 0 Å². The van der Waals surface area contributed by atoms with Crippen LogP contribution in [0.5, 0.6) is 23.0 Å². The number of methoxy groups -OCH3 is 4. The van der Waals surface area contributed by atoms with Gasteiger partial charge < -0.3 is 23.7 Å². The van der Waals surface area contributed by atoms with E-state index in [0.29, 0.717) is 29.4 Å². The minimum atomic E-state index is -0.411. The molecule has 0 aliphatic rings. The fourth-order valence-electron chi connectivity index (χ4n) is 4.10. The number of unbranched alkanes of at least 4 members (excludes halogenated alkanes) is 1. The zero-order valence-electron chi connectivity index (χ0n) is 21.6. The van der Waals surface area contributed by atoms with E-state index in [9.17, 15) is 4.79 Å². The zero-order chi connectivity index (χ0) is 25.1. The van der Waals surface area contributed by atoms with Gasteiger partial charge in [0.25, 0.3) is 0 Å². The number of benzene rings is 2. The van der Waals surface area contributed by atoms with E-state index in [1.807, 2.05) is 12.1 Å². The summed E-state index contributed by atoms with van der Waals surface area (Å²) in [5.41, 5.74) is 1.66. The Labute approximate surface area is 203 Å². The molecule has 0 heterocycles. The van der Waals surface area contributed by atoms with Crippen LogP contribution in [0.2, 0.25) is 0 Å². The van der Waals surface area contributed by atoms with Crippen molar-refractivity contribution < 1.29 is 28.5 Å². The molecule has 0 saturated carbocycles. The molecule has 2 aromatic carbocycles. The lowest BCUT2D eigenvalue weighted by Crippen LogP contribution is -2.46. The molecule has 0 N–H and O–H groups in total. The number of likely N-dealkylation sites (N-methyl/N-ethyl adjacent to an activating group) is 1. The van der Waals surface area contributed by atoms with Gasteiger partial charge in [-0.25, -0.2) is 4.79 Å². The van der Waals surface area contributed by atoms with Gasteiger partial charge in [-0.2, -0.15) is 0 Å². The maximum atomic E-state index is 12.5. The van der Waals surface area contributed by atoms with Crippen molar-refractivity contribution in [3.05, 3.63) is 47.5 Å². The van der Waals surface area contributed by atoms with Gasteiger partial charge in [0.1, 0.15) is 5.75 Å². The summed E-state index contributed by atoms with van der Waals surface area (Å²) in [5, 5.41) is 0. The number of nitrogens with zero attached hydrogens (tertiary/aromatic N) is 1. The summed E-state index contributed by atoms with van der Waals surface area (Å²) in [6.45, 7) is 8.96. The molecule has 0 bridgehead atoms. The molecule has 34 heavy (non-hydrogen) atoms. The highest BCUT2D eigenvalue weighted by Crippen LogP contribution is 2.38. The fourth-order valence-corrected chi connectivity index (χ4v) is 4.10. The van der Waals surface area contributed by atoms with Crippen LogP contribution >= 0.6 is 0 Å².